The van der Waals surface area contributed by atoms with Gasteiger partial charge < -0.3 is 4.52 Å². The van der Waals surface area contributed by atoms with Crippen LogP contribution in [0, 0.1) is 19.3 Å². The van der Waals surface area contributed by atoms with Gasteiger partial charge in [-0.25, -0.2) is 4.57 Å². The number of allylic oxidation sites excluding steroid dienone is 2. The van der Waals surface area contributed by atoms with E-state index in [1.807, 2.05) is 46.8 Å². The lowest BCUT2D eigenvalue weighted by atomic mass is 9.74. The second kappa shape index (κ2) is 9.65. The maximum Gasteiger partial charge on any atom is 0.439 e. The molecule has 0 aliphatic heterocycles. The molecule has 0 N–H and O–H groups in total. The van der Waals surface area contributed by atoms with Crippen LogP contribution < -0.4 is 0 Å². The number of carbonyl (C=O) groups excluding carboxylic acids is 1. The Morgan fingerprint density at radius 3 is 2.50 bits per heavy atom. The van der Waals surface area contributed by atoms with E-state index in [4.69, 9.17) is 9.05 Å². The van der Waals surface area contributed by atoms with Gasteiger partial charge in [0.25, 0.3) is 0 Å². The summed E-state index contributed by atoms with van der Waals surface area (Å²) in [4.78, 5) is 13.1. The van der Waals surface area contributed by atoms with Gasteiger partial charge in [0.1, 0.15) is 5.76 Å². The van der Waals surface area contributed by atoms with E-state index in [1.165, 1.54) is 11.4 Å². The zero-order valence-corrected chi connectivity index (χ0v) is 19.7. The minimum Gasteiger partial charge on any atom is -0.421 e. The highest BCUT2D eigenvalue weighted by atomic mass is 32.7. The molecule has 0 bridgehead atoms. The topological polar surface area (TPSA) is 52.6 Å². The Hall–Kier alpha value is -1.03. The predicted octanol–water partition coefficient (Wildman–Crippen LogP) is 7.10. The van der Waals surface area contributed by atoms with E-state index >= 15 is 0 Å². The summed E-state index contributed by atoms with van der Waals surface area (Å²) >= 11 is 1.24. The van der Waals surface area contributed by atoms with Crippen molar-refractivity contribution in [2.24, 2.45) is 5.41 Å². The molecule has 4 nitrogen and oxygen atoms in total. The summed E-state index contributed by atoms with van der Waals surface area (Å²) in [5.41, 5.74) is 3.35. The summed E-state index contributed by atoms with van der Waals surface area (Å²) in [7, 11) is 0. The van der Waals surface area contributed by atoms with Crippen molar-refractivity contribution in [3.63, 3.8) is 0 Å². The molecule has 1 aromatic rings. The van der Waals surface area contributed by atoms with Gasteiger partial charge in [-0.1, -0.05) is 51.0 Å². The third kappa shape index (κ3) is 5.98. The minimum atomic E-state index is -3.38. The number of benzene rings is 1. The molecular weight excluding hydrogens is 391 g/mol. The highest BCUT2D eigenvalue weighted by Crippen LogP contribution is 2.64. The van der Waals surface area contributed by atoms with Crippen LogP contribution in [-0.2, 0) is 18.4 Å². The smallest absolute Gasteiger partial charge is 0.421 e. The molecule has 0 saturated carbocycles. The molecule has 1 aromatic carbocycles. The van der Waals surface area contributed by atoms with Gasteiger partial charge >= 0.3 is 6.80 Å². The quantitative estimate of drug-likeness (QED) is 0.313. The Bertz CT molecular complexity index is 798. The number of aryl methyl sites for hydroxylation is 2. The fourth-order valence-electron chi connectivity index (χ4n) is 3.44. The van der Waals surface area contributed by atoms with E-state index in [2.05, 4.69) is 13.0 Å². The number of carbonyl (C=O) groups is 1. The molecule has 6 heteroatoms. The molecule has 1 aliphatic rings. The molecule has 0 fully saturated rings. The second-order valence-electron chi connectivity index (χ2n) is 8.20. The number of hydrogen-bond acceptors (Lipinski definition) is 5. The van der Waals surface area contributed by atoms with Gasteiger partial charge in [0.05, 0.1) is 12.2 Å². The molecule has 0 spiro atoms. The van der Waals surface area contributed by atoms with Gasteiger partial charge in [-0.15, -0.1) is 0 Å². The monoisotopic (exact) mass is 424 g/mol. The largest absolute Gasteiger partial charge is 0.439 e. The highest BCUT2D eigenvalue weighted by Gasteiger charge is 2.39. The molecule has 0 saturated heterocycles. The first-order valence-corrected chi connectivity index (χ1v) is 13.2. The van der Waals surface area contributed by atoms with Crippen molar-refractivity contribution in [2.75, 3.05) is 12.4 Å². The van der Waals surface area contributed by atoms with Gasteiger partial charge in [-0.3, -0.25) is 9.32 Å². The first-order chi connectivity index (χ1) is 13.1. The van der Waals surface area contributed by atoms with E-state index in [9.17, 15) is 9.36 Å². The number of rotatable bonds is 9. The summed E-state index contributed by atoms with van der Waals surface area (Å²) in [6, 6.07) is 6.03. The molecule has 28 heavy (non-hydrogen) atoms. The molecule has 2 rings (SSSR count). The van der Waals surface area contributed by atoms with Crippen LogP contribution in [0.4, 0.5) is 0 Å². The Labute approximate surface area is 173 Å². The van der Waals surface area contributed by atoms with Crippen LogP contribution in [0.1, 0.15) is 70.1 Å². The van der Waals surface area contributed by atoms with Gasteiger partial charge in [0.15, 0.2) is 5.78 Å². The molecule has 0 heterocycles. The third-order valence-corrected chi connectivity index (χ3v) is 8.59. The molecule has 1 atom stereocenters. The van der Waals surface area contributed by atoms with Crippen molar-refractivity contribution in [3.05, 3.63) is 40.6 Å². The average molecular weight is 425 g/mol. The van der Waals surface area contributed by atoms with Crippen LogP contribution in [0.25, 0.3) is 5.57 Å². The zero-order chi connectivity index (χ0) is 20.9. The minimum absolute atomic E-state index is 0.0415. The Kier molecular flexibility index (Phi) is 8.01. The van der Waals surface area contributed by atoms with Crippen molar-refractivity contribution in [3.8, 4) is 0 Å². The van der Waals surface area contributed by atoms with E-state index < -0.39 is 6.80 Å². The van der Waals surface area contributed by atoms with Crippen LogP contribution in [0.5, 0.6) is 0 Å². The van der Waals surface area contributed by atoms with Crippen molar-refractivity contribution < 1.29 is 18.4 Å². The zero-order valence-electron chi connectivity index (χ0n) is 18.0. The first kappa shape index (κ1) is 23.3. The third-order valence-electron chi connectivity index (χ3n) is 4.74. The molecule has 1 aliphatic carbocycles. The lowest BCUT2D eigenvalue weighted by molar-refractivity contribution is -0.116. The Morgan fingerprint density at radius 1 is 1.18 bits per heavy atom. The summed E-state index contributed by atoms with van der Waals surface area (Å²) in [5.74, 6) is 1.26. The lowest BCUT2D eigenvalue weighted by Gasteiger charge is -2.33. The normalized spacial score (nSPS) is 18.9. The number of Topliss-reactive ketones (excluding diaryl/α,β-unsaturated/α-hetero) is 1. The van der Waals surface area contributed by atoms with Crippen LogP contribution >= 0.6 is 18.2 Å². The van der Waals surface area contributed by atoms with Crippen molar-refractivity contribution in [1.29, 1.82) is 0 Å². The molecule has 0 amide bonds. The van der Waals surface area contributed by atoms with E-state index in [1.54, 1.807) is 0 Å². The molecule has 0 aromatic heterocycles. The fourth-order valence-corrected chi connectivity index (χ4v) is 7.03. The summed E-state index contributed by atoms with van der Waals surface area (Å²) in [5, 5.41) is 0. The Balaban J connectivity index is 2.50. The number of unbranched alkanes of at least 4 members (excludes halogenated alkanes) is 1. The summed E-state index contributed by atoms with van der Waals surface area (Å²) < 4.78 is 25.0. The van der Waals surface area contributed by atoms with Gasteiger partial charge in [0, 0.05) is 18.6 Å². The lowest BCUT2D eigenvalue weighted by Crippen LogP contribution is -2.26. The second-order valence-corrected chi connectivity index (χ2v) is 12.3. The summed E-state index contributed by atoms with van der Waals surface area (Å²) in [6.45, 7) is 8.95. The molecule has 1 unspecified atom stereocenters. The predicted molar refractivity (Wildman–Crippen MR) is 119 cm³/mol. The van der Waals surface area contributed by atoms with Crippen molar-refractivity contribution >= 4 is 29.5 Å². The standard InChI is InChI=1S/C22H33O4PS/c1-7-9-12-28-27(24,25-8-2)26-20-15-22(5,6)14-19(23)21(20)18-11-10-16(3)13-17(18)4/h10-11,13H,7-9,12,14-15H2,1-6H3. The maximum atomic E-state index is 13.4. The fraction of sp³-hybridized carbons (Fsp3) is 0.591. The number of hydrogen-bond donors (Lipinski definition) is 0. The van der Waals surface area contributed by atoms with E-state index in [0.29, 0.717) is 36.5 Å². The molecule has 0 radical (unpaired) electrons. The van der Waals surface area contributed by atoms with Crippen LogP contribution in [0.2, 0.25) is 0 Å². The van der Waals surface area contributed by atoms with Crippen LogP contribution in [0.15, 0.2) is 24.0 Å². The van der Waals surface area contributed by atoms with Gasteiger partial charge in [-0.05, 0) is 55.1 Å². The summed E-state index contributed by atoms with van der Waals surface area (Å²) in [6.07, 6.45) is 2.97. The van der Waals surface area contributed by atoms with Crippen LogP contribution in [0.3, 0.4) is 0 Å². The molecule has 156 valence electrons. The van der Waals surface area contributed by atoms with Crippen LogP contribution in [-0.4, -0.2) is 18.1 Å². The number of ketones is 1. The van der Waals surface area contributed by atoms with E-state index in [0.717, 1.165) is 29.5 Å². The van der Waals surface area contributed by atoms with E-state index in [-0.39, 0.29) is 11.2 Å². The van der Waals surface area contributed by atoms with Gasteiger partial charge in [0.2, 0.25) is 0 Å². The van der Waals surface area contributed by atoms with Crippen molar-refractivity contribution in [1.82, 2.24) is 0 Å². The highest BCUT2D eigenvalue weighted by molar-refractivity contribution is 8.55. The SMILES string of the molecule is CCCCSP(=O)(OCC)OC1=C(c2ccc(C)cc2C)C(=O)CC(C)(C)C1. The molecular formula is C22H33O4PS. The van der Waals surface area contributed by atoms with Gasteiger partial charge in [-0.2, -0.15) is 0 Å². The Morgan fingerprint density at radius 2 is 1.89 bits per heavy atom. The van der Waals surface area contributed by atoms with Crippen molar-refractivity contribution in [2.45, 2.75) is 67.2 Å². The first-order valence-electron chi connectivity index (χ1n) is 10.0. The average Bonchev–Trinajstić information content (AvgIpc) is 2.55. The maximum absolute atomic E-state index is 13.4.